The Morgan fingerprint density at radius 2 is 1.67 bits per heavy atom. The van der Waals surface area contributed by atoms with E-state index in [2.05, 4.69) is 11.4 Å². The second-order valence-electron chi connectivity index (χ2n) is 6.57. The van der Waals surface area contributed by atoms with Gasteiger partial charge in [-0.2, -0.15) is 0 Å². The van der Waals surface area contributed by atoms with Crippen molar-refractivity contribution >= 4 is 11.8 Å². The standard InChI is InChI=1S/C21H24N2O4/c1-14(21(25)23-9-8-15-6-4-5-7-16(15)13-23)22-20(24)17-10-18(26-2)12-19(11-17)27-3/h4-7,10-12,14H,8-9,13H2,1-3H3,(H,22,24)/t14-/m0/s1. The van der Waals surface area contributed by atoms with Crippen molar-refractivity contribution in [1.29, 1.82) is 0 Å². The number of carbonyl (C=O) groups excluding carboxylic acids is 2. The first-order chi connectivity index (χ1) is 13.0. The number of hydrogen-bond donors (Lipinski definition) is 1. The molecule has 0 saturated carbocycles. The molecule has 1 aliphatic rings. The molecular weight excluding hydrogens is 344 g/mol. The summed E-state index contributed by atoms with van der Waals surface area (Å²) in [7, 11) is 3.05. The average molecular weight is 368 g/mol. The molecule has 0 aliphatic carbocycles. The molecule has 0 fully saturated rings. The summed E-state index contributed by atoms with van der Waals surface area (Å²) in [5.41, 5.74) is 2.82. The quantitative estimate of drug-likeness (QED) is 0.880. The fourth-order valence-electron chi connectivity index (χ4n) is 3.24. The normalized spacial score (nSPS) is 14.1. The van der Waals surface area contributed by atoms with Gasteiger partial charge < -0.3 is 19.7 Å². The van der Waals surface area contributed by atoms with Gasteiger partial charge in [-0.3, -0.25) is 9.59 Å². The molecule has 0 unspecified atom stereocenters. The maximum absolute atomic E-state index is 12.8. The molecule has 3 rings (SSSR count). The third-order valence-electron chi connectivity index (χ3n) is 4.77. The molecule has 1 N–H and O–H groups in total. The molecule has 0 bridgehead atoms. The fraction of sp³-hybridized carbons (Fsp3) is 0.333. The second-order valence-corrected chi connectivity index (χ2v) is 6.57. The summed E-state index contributed by atoms with van der Waals surface area (Å²) < 4.78 is 10.4. The molecule has 2 aromatic rings. The largest absolute Gasteiger partial charge is 0.497 e. The van der Waals surface area contributed by atoms with Crippen LogP contribution in [0.2, 0.25) is 0 Å². The Labute approximate surface area is 159 Å². The van der Waals surface area contributed by atoms with E-state index in [4.69, 9.17) is 9.47 Å². The smallest absolute Gasteiger partial charge is 0.252 e. The Morgan fingerprint density at radius 1 is 1.04 bits per heavy atom. The first-order valence-electron chi connectivity index (χ1n) is 8.91. The van der Waals surface area contributed by atoms with Crippen LogP contribution in [0, 0.1) is 0 Å². The van der Waals surface area contributed by atoms with Crippen molar-refractivity contribution in [3.8, 4) is 11.5 Å². The molecule has 1 heterocycles. The van der Waals surface area contributed by atoms with Crippen LogP contribution < -0.4 is 14.8 Å². The molecule has 142 valence electrons. The number of nitrogens with zero attached hydrogens (tertiary/aromatic N) is 1. The average Bonchev–Trinajstić information content (AvgIpc) is 2.72. The van der Waals surface area contributed by atoms with Gasteiger partial charge in [0.15, 0.2) is 0 Å². The summed E-state index contributed by atoms with van der Waals surface area (Å²) in [4.78, 5) is 27.2. The lowest BCUT2D eigenvalue weighted by Crippen LogP contribution is -2.48. The molecule has 1 atom stereocenters. The Balaban J connectivity index is 1.67. The van der Waals surface area contributed by atoms with Gasteiger partial charge in [-0.25, -0.2) is 0 Å². The molecule has 0 saturated heterocycles. The molecule has 1 aliphatic heterocycles. The van der Waals surface area contributed by atoms with E-state index in [1.54, 1.807) is 30.0 Å². The molecule has 6 heteroatoms. The van der Waals surface area contributed by atoms with Crippen molar-refractivity contribution < 1.29 is 19.1 Å². The number of carbonyl (C=O) groups is 2. The Kier molecular flexibility index (Phi) is 5.64. The summed E-state index contributed by atoms with van der Waals surface area (Å²) in [6, 6.07) is 12.4. The summed E-state index contributed by atoms with van der Waals surface area (Å²) in [6.07, 6.45) is 0.829. The van der Waals surface area contributed by atoms with Gasteiger partial charge in [-0.05, 0) is 36.6 Å². The SMILES string of the molecule is COc1cc(OC)cc(C(=O)N[C@@H](C)C(=O)N2CCc3ccccc3C2)c1. The van der Waals surface area contributed by atoms with E-state index in [0.29, 0.717) is 30.2 Å². The highest BCUT2D eigenvalue weighted by molar-refractivity contribution is 5.98. The number of fused-ring (bicyclic) bond motifs is 1. The number of methoxy groups -OCH3 is 2. The van der Waals surface area contributed by atoms with Crippen LogP contribution in [0.1, 0.15) is 28.4 Å². The molecule has 0 aromatic heterocycles. The van der Waals surface area contributed by atoms with Gasteiger partial charge in [0.1, 0.15) is 17.5 Å². The lowest BCUT2D eigenvalue weighted by atomic mass is 9.99. The molecule has 0 radical (unpaired) electrons. The van der Waals surface area contributed by atoms with E-state index in [-0.39, 0.29) is 11.8 Å². The summed E-state index contributed by atoms with van der Waals surface area (Å²) in [5, 5.41) is 2.78. The van der Waals surface area contributed by atoms with Crippen LogP contribution in [-0.2, 0) is 17.8 Å². The Bertz CT molecular complexity index is 828. The topological polar surface area (TPSA) is 67.9 Å². The predicted octanol–water partition coefficient (Wildman–Crippen LogP) is 2.41. The van der Waals surface area contributed by atoms with Crippen LogP contribution in [0.3, 0.4) is 0 Å². The zero-order chi connectivity index (χ0) is 19.4. The van der Waals surface area contributed by atoms with E-state index >= 15 is 0 Å². The van der Waals surface area contributed by atoms with Crippen molar-refractivity contribution in [2.45, 2.75) is 25.9 Å². The highest BCUT2D eigenvalue weighted by Crippen LogP contribution is 2.23. The van der Waals surface area contributed by atoms with Crippen LogP contribution in [0.5, 0.6) is 11.5 Å². The molecule has 6 nitrogen and oxygen atoms in total. The highest BCUT2D eigenvalue weighted by Gasteiger charge is 2.26. The lowest BCUT2D eigenvalue weighted by Gasteiger charge is -2.31. The first kappa shape index (κ1) is 18.8. The summed E-state index contributed by atoms with van der Waals surface area (Å²) in [5.74, 6) is 0.607. The number of benzene rings is 2. The van der Waals surface area contributed by atoms with Crippen LogP contribution in [0.15, 0.2) is 42.5 Å². The Morgan fingerprint density at radius 3 is 2.30 bits per heavy atom. The van der Waals surface area contributed by atoms with Crippen molar-refractivity contribution in [2.75, 3.05) is 20.8 Å². The van der Waals surface area contributed by atoms with Crippen LogP contribution >= 0.6 is 0 Å². The predicted molar refractivity (Wildman–Crippen MR) is 102 cm³/mol. The number of hydrogen-bond acceptors (Lipinski definition) is 4. The maximum atomic E-state index is 12.8. The van der Waals surface area contributed by atoms with Crippen molar-refractivity contribution in [3.05, 3.63) is 59.2 Å². The number of amides is 2. The molecule has 2 aromatic carbocycles. The molecule has 2 amide bonds. The maximum Gasteiger partial charge on any atom is 0.252 e. The van der Waals surface area contributed by atoms with Crippen molar-refractivity contribution in [1.82, 2.24) is 10.2 Å². The highest BCUT2D eigenvalue weighted by atomic mass is 16.5. The van der Waals surface area contributed by atoms with Gasteiger partial charge in [0, 0.05) is 24.7 Å². The van der Waals surface area contributed by atoms with Gasteiger partial charge >= 0.3 is 0 Å². The van der Waals surface area contributed by atoms with Gasteiger partial charge in [0.05, 0.1) is 14.2 Å². The van der Waals surface area contributed by atoms with E-state index in [9.17, 15) is 9.59 Å². The van der Waals surface area contributed by atoms with Crippen LogP contribution in [-0.4, -0.2) is 43.5 Å². The van der Waals surface area contributed by atoms with Gasteiger partial charge in [-0.15, -0.1) is 0 Å². The van der Waals surface area contributed by atoms with Gasteiger partial charge in [0.25, 0.3) is 5.91 Å². The Hall–Kier alpha value is -3.02. The van der Waals surface area contributed by atoms with Crippen molar-refractivity contribution in [2.24, 2.45) is 0 Å². The molecule has 0 spiro atoms. The number of nitrogens with one attached hydrogen (secondary N) is 1. The van der Waals surface area contributed by atoms with E-state index in [1.807, 2.05) is 18.2 Å². The number of rotatable bonds is 5. The van der Waals surface area contributed by atoms with Crippen LogP contribution in [0.4, 0.5) is 0 Å². The zero-order valence-electron chi connectivity index (χ0n) is 15.8. The first-order valence-corrected chi connectivity index (χ1v) is 8.91. The molecule has 27 heavy (non-hydrogen) atoms. The van der Waals surface area contributed by atoms with Gasteiger partial charge in [0.2, 0.25) is 5.91 Å². The monoisotopic (exact) mass is 368 g/mol. The fourth-order valence-corrected chi connectivity index (χ4v) is 3.24. The summed E-state index contributed by atoms with van der Waals surface area (Å²) in [6.45, 7) is 2.93. The van der Waals surface area contributed by atoms with Crippen molar-refractivity contribution in [3.63, 3.8) is 0 Å². The van der Waals surface area contributed by atoms with Gasteiger partial charge in [-0.1, -0.05) is 24.3 Å². The lowest BCUT2D eigenvalue weighted by molar-refractivity contribution is -0.133. The third kappa shape index (κ3) is 4.22. The third-order valence-corrected chi connectivity index (χ3v) is 4.77. The van der Waals surface area contributed by atoms with E-state index < -0.39 is 6.04 Å². The van der Waals surface area contributed by atoms with Crippen LogP contribution in [0.25, 0.3) is 0 Å². The molecular formula is C21H24N2O4. The second kappa shape index (κ2) is 8.12. The van der Waals surface area contributed by atoms with E-state index in [1.165, 1.54) is 19.8 Å². The minimum atomic E-state index is -0.625. The zero-order valence-corrected chi connectivity index (χ0v) is 15.8. The minimum Gasteiger partial charge on any atom is -0.497 e. The van der Waals surface area contributed by atoms with E-state index in [0.717, 1.165) is 12.0 Å². The number of ether oxygens (including phenoxy) is 2. The minimum absolute atomic E-state index is 0.0901. The summed E-state index contributed by atoms with van der Waals surface area (Å²) >= 11 is 0.